The van der Waals surface area contributed by atoms with Crippen LogP contribution in [-0.2, 0) is 6.54 Å². The van der Waals surface area contributed by atoms with Crippen LogP contribution >= 0.6 is 23.8 Å². The molecule has 0 bridgehead atoms. The molecule has 0 saturated heterocycles. The predicted molar refractivity (Wildman–Crippen MR) is 115 cm³/mol. The molecule has 3 amide bonds. The van der Waals surface area contributed by atoms with Gasteiger partial charge in [-0.15, -0.1) is 0 Å². The fourth-order valence-corrected chi connectivity index (χ4v) is 2.45. The van der Waals surface area contributed by atoms with Gasteiger partial charge in [-0.25, -0.2) is 4.79 Å². The maximum absolute atomic E-state index is 12.2. The highest BCUT2D eigenvalue weighted by atomic mass is 35.5. The van der Waals surface area contributed by atoms with Gasteiger partial charge in [0.25, 0.3) is 5.91 Å². The molecule has 0 fully saturated rings. The molecule has 0 heterocycles. The van der Waals surface area contributed by atoms with E-state index in [1.54, 1.807) is 48.5 Å². The second-order valence-electron chi connectivity index (χ2n) is 6.22. The summed E-state index contributed by atoms with van der Waals surface area (Å²) in [7, 11) is 0. The average Bonchev–Trinajstić information content (AvgIpc) is 2.66. The van der Waals surface area contributed by atoms with E-state index < -0.39 is 0 Å². The van der Waals surface area contributed by atoms with Crippen molar-refractivity contribution in [2.24, 2.45) is 0 Å². The first-order valence-corrected chi connectivity index (χ1v) is 9.38. The molecular formula is C19H22ClN5O2S. The number of nitrogens with one attached hydrogen (secondary N) is 5. The third-order valence-electron chi connectivity index (χ3n) is 3.48. The van der Waals surface area contributed by atoms with Gasteiger partial charge >= 0.3 is 6.03 Å². The number of carbonyl (C=O) groups excluding carboxylic acids is 2. The Labute approximate surface area is 174 Å². The summed E-state index contributed by atoms with van der Waals surface area (Å²) in [5.41, 5.74) is 7.24. The third kappa shape index (κ3) is 7.42. The molecule has 9 heteroatoms. The van der Waals surface area contributed by atoms with Gasteiger partial charge in [0.2, 0.25) is 0 Å². The Hall–Kier alpha value is -2.84. The van der Waals surface area contributed by atoms with Crippen LogP contribution in [-0.4, -0.2) is 23.1 Å². The van der Waals surface area contributed by atoms with E-state index >= 15 is 0 Å². The van der Waals surface area contributed by atoms with Gasteiger partial charge in [0, 0.05) is 28.9 Å². The molecule has 0 saturated carbocycles. The van der Waals surface area contributed by atoms with Crippen LogP contribution in [0.1, 0.15) is 29.8 Å². The topological polar surface area (TPSA) is 94.3 Å². The van der Waals surface area contributed by atoms with Crippen molar-refractivity contribution in [3.8, 4) is 0 Å². The second-order valence-corrected chi connectivity index (χ2v) is 7.06. The molecule has 5 N–H and O–H groups in total. The Morgan fingerprint density at radius 1 is 1.00 bits per heavy atom. The van der Waals surface area contributed by atoms with E-state index in [4.69, 9.17) is 23.8 Å². The SMILES string of the molecule is CC(C)NC(=O)NCc1ccc(C(=O)NNC(=S)Nc2ccc(Cl)cc2)cc1. The molecule has 0 aliphatic rings. The van der Waals surface area contributed by atoms with Gasteiger partial charge in [-0.3, -0.25) is 15.6 Å². The molecule has 0 radical (unpaired) electrons. The van der Waals surface area contributed by atoms with E-state index in [0.29, 0.717) is 17.1 Å². The molecule has 2 aromatic rings. The normalized spacial score (nSPS) is 10.1. The fourth-order valence-electron chi connectivity index (χ4n) is 2.15. The minimum absolute atomic E-state index is 0.0684. The third-order valence-corrected chi connectivity index (χ3v) is 3.94. The van der Waals surface area contributed by atoms with E-state index in [0.717, 1.165) is 11.3 Å². The smallest absolute Gasteiger partial charge is 0.315 e. The lowest BCUT2D eigenvalue weighted by Gasteiger charge is -2.12. The quantitative estimate of drug-likeness (QED) is 0.379. The van der Waals surface area contributed by atoms with Crippen molar-refractivity contribution < 1.29 is 9.59 Å². The van der Waals surface area contributed by atoms with Gasteiger partial charge in [0.1, 0.15) is 0 Å². The van der Waals surface area contributed by atoms with Crippen LogP contribution in [0.3, 0.4) is 0 Å². The molecule has 0 aliphatic heterocycles. The molecule has 0 aromatic heterocycles. The van der Waals surface area contributed by atoms with Gasteiger partial charge in [0.15, 0.2) is 5.11 Å². The summed E-state index contributed by atoms with van der Waals surface area (Å²) in [4.78, 5) is 23.8. The van der Waals surface area contributed by atoms with E-state index in [2.05, 4.69) is 26.8 Å². The van der Waals surface area contributed by atoms with Crippen LogP contribution in [0.2, 0.25) is 5.02 Å². The van der Waals surface area contributed by atoms with Crippen LogP contribution < -0.4 is 26.8 Å². The average molecular weight is 420 g/mol. The Balaban J connectivity index is 1.78. The number of halogens is 1. The molecule has 0 aliphatic carbocycles. The van der Waals surface area contributed by atoms with Crippen LogP contribution in [0.25, 0.3) is 0 Å². The number of amides is 3. The molecule has 148 valence electrons. The van der Waals surface area contributed by atoms with Crippen molar-refractivity contribution in [2.75, 3.05) is 5.32 Å². The lowest BCUT2D eigenvalue weighted by atomic mass is 10.1. The van der Waals surface area contributed by atoms with Crippen molar-refractivity contribution >= 4 is 46.6 Å². The van der Waals surface area contributed by atoms with E-state index in [1.165, 1.54) is 0 Å². The second kappa shape index (κ2) is 10.5. The van der Waals surface area contributed by atoms with Crippen LogP contribution in [0.4, 0.5) is 10.5 Å². The highest BCUT2D eigenvalue weighted by molar-refractivity contribution is 7.80. The van der Waals surface area contributed by atoms with E-state index in [1.807, 2.05) is 13.8 Å². The van der Waals surface area contributed by atoms with E-state index in [9.17, 15) is 9.59 Å². The number of hydrogen-bond donors (Lipinski definition) is 5. The maximum atomic E-state index is 12.2. The summed E-state index contributed by atoms with van der Waals surface area (Å²) in [6.45, 7) is 4.14. The minimum Gasteiger partial charge on any atom is -0.336 e. The number of anilines is 1. The van der Waals surface area contributed by atoms with Crippen molar-refractivity contribution in [2.45, 2.75) is 26.4 Å². The van der Waals surface area contributed by atoms with Gasteiger partial charge in [-0.05, 0) is 68.0 Å². The van der Waals surface area contributed by atoms with Crippen molar-refractivity contribution in [1.82, 2.24) is 21.5 Å². The number of carbonyl (C=O) groups is 2. The van der Waals surface area contributed by atoms with Gasteiger partial charge < -0.3 is 16.0 Å². The zero-order valence-corrected chi connectivity index (χ0v) is 17.1. The summed E-state index contributed by atoms with van der Waals surface area (Å²) in [5, 5.41) is 9.28. The number of benzene rings is 2. The first-order valence-electron chi connectivity index (χ1n) is 8.59. The van der Waals surface area contributed by atoms with Crippen molar-refractivity contribution in [3.05, 3.63) is 64.7 Å². The van der Waals surface area contributed by atoms with Gasteiger partial charge in [0.05, 0.1) is 0 Å². The summed E-state index contributed by atoms with van der Waals surface area (Å²) in [6, 6.07) is 13.7. The standard InChI is InChI=1S/C19H22ClN5O2S/c1-12(2)22-18(27)21-11-13-3-5-14(6-4-13)17(26)24-25-19(28)23-16-9-7-15(20)8-10-16/h3-10,12H,11H2,1-2H3,(H,24,26)(H2,21,22,27)(H2,23,25,28). The molecule has 0 spiro atoms. The zero-order chi connectivity index (χ0) is 20.5. The summed E-state index contributed by atoms with van der Waals surface area (Å²) in [6.07, 6.45) is 0. The highest BCUT2D eigenvalue weighted by Gasteiger charge is 2.07. The molecular weight excluding hydrogens is 398 g/mol. The Morgan fingerprint density at radius 3 is 2.25 bits per heavy atom. The lowest BCUT2D eigenvalue weighted by Crippen LogP contribution is -2.43. The first kappa shape index (κ1) is 21.5. The van der Waals surface area contributed by atoms with Crippen molar-refractivity contribution in [3.63, 3.8) is 0 Å². The maximum Gasteiger partial charge on any atom is 0.315 e. The Morgan fingerprint density at radius 2 is 1.64 bits per heavy atom. The zero-order valence-electron chi connectivity index (χ0n) is 15.5. The number of urea groups is 1. The molecule has 28 heavy (non-hydrogen) atoms. The summed E-state index contributed by atoms with van der Waals surface area (Å²) >= 11 is 11.0. The largest absolute Gasteiger partial charge is 0.336 e. The molecule has 0 unspecified atom stereocenters. The molecule has 2 aromatic carbocycles. The Bertz CT molecular complexity index is 825. The van der Waals surface area contributed by atoms with E-state index in [-0.39, 0.29) is 23.1 Å². The van der Waals surface area contributed by atoms with Crippen LogP contribution in [0.15, 0.2) is 48.5 Å². The molecule has 2 rings (SSSR count). The fraction of sp³-hybridized carbons (Fsp3) is 0.211. The molecule has 0 atom stereocenters. The predicted octanol–water partition coefficient (Wildman–Crippen LogP) is 3.18. The van der Waals surface area contributed by atoms with Gasteiger partial charge in [-0.2, -0.15) is 0 Å². The lowest BCUT2D eigenvalue weighted by molar-refractivity contribution is 0.0944. The summed E-state index contributed by atoms with van der Waals surface area (Å²) < 4.78 is 0. The van der Waals surface area contributed by atoms with Crippen LogP contribution in [0.5, 0.6) is 0 Å². The first-order chi connectivity index (χ1) is 13.3. The minimum atomic E-state index is -0.336. The number of hydrogen-bond acceptors (Lipinski definition) is 3. The van der Waals surface area contributed by atoms with Crippen LogP contribution in [0, 0.1) is 0 Å². The number of thiocarbonyl (C=S) groups is 1. The Kier molecular flexibility index (Phi) is 8.03. The number of hydrazine groups is 1. The monoisotopic (exact) mass is 419 g/mol. The molecule has 7 nitrogen and oxygen atoms in total. The highest BCUT2D eigenvalue weighted by Crippen LogP contribution is 2.13. The van der Waals surface area contributed by atoms with Crippen molar-refractivity contribution in [1.29, 1.82) is 0 Å². The summed E-state index contributed by atoms with van der Waals surface area (Å²) in [5.74, 6) is -0.336. The van der Waals surface area contributed by atoms with Gasteiger partial charge in [-0.1, -0.05) is 23.7 Å². The number of rotatable bonds is 5.